The number of nitrogens with one attached hydrogen (secondary N) is 1. The number of benzene rings is 2. The van der Waals surface area contributed by atoms with Crippen LogP contribution in [0.5, 0.6) is 5.75 Å². The molecule has 5 heteroatoms. The fourth-order valence-electron chi connectivity index (χ4n) is 2.03. The van der Waals surface area contributed by atoms with E-state index in [9.17, 15) is 5.11 Å². The van der Waals surface area contributed by atoms with Crippen molar-refractivity contribution in [1.29, 1.82) is 5.26 Å². The summed E-state index contributed by atoms with van der Waals surface area (Å²) in [6, 6.07) is 14.4. The molecule has 0 aliphatic carbocycles. The van der Waals surface area contributed by atoms with Gasteiger partial charge < -0.3 is 15.2 Å². The van der Waals surface area contributed by atoms with Crippen molar-refractivity contribution in [3.8, 4) is 11.8 Å². The molecule has 0 spiro atoms. The summed E-state index contributed by atoms with van der Waals surface area (Å²) < 4.78 is 5.23. The number of halogens is 1. The largest absolute Gasteiger partial charge is 0.495 e. The first-order valence-corrected chi connectivity index (χ1v) is 6.78. The minimum atomic E-state index is -0.782. The highest BCUT2D eigenvalue weighted by atomic mass is 35.5. The fourth-order valence-corrected chi connectivity index (χ4v) is 2.29. The van der Waals surface area contributed by atoms with E-state index >= 15 is 0 Å². The molecule has 0 radical (unpaired) electrons. The van der Waals surface area contributed by atoms with Gasteiger partial charge in [-0.3, -0.25) is 0 Å². The van der Waals surface area contributed by atoms with E-state index in [4.69, 9.17) is 21.6 Å². The first-order chi connectivity index (χ1) is 10.2. The number of nitriles is 1. The molecule has 2 rings (SSSR count). The van der Waals surface area contributed by atoms with Gasteiger partial charge in [0.25, 0.3) is 0 Å². The summed E-state index contributed by atoms with van der Waals surface area (Å²) >= 11 is 6.05. The second-order valence-corrected chi connectivity index (χ2v) is 4.82. The summed E-state index contributed by atoms with van der Waals surface area (Å²) in [6.07, 6.45) is -0.782. The Balaban J connectivity index is 2.17. The third kappa shape index (κ3) is 3.46. The Morgan fingerprint density at radius 1 is 1.29 bits per heavy atom. The van der Waals surface area contributed by atoms with E-state index in [0.29, 0.717) is 27.6 Å². The monoisotopic (exact) mass is 302 g/mol. The van der Waals surface area contributed by atoms with Crippen molar-refractivity contribution in [2.45, 2.75) is 6.10 Å². The lowest BCUT2D eigenvalue weighted by atomic mass is 10.1. The van der Waals surface area contributed by atoms with Crippen molar-refractivity contribution in [3.63, 3.8) is 0 Å². The molecule has 2 aromatic rings. The molecule has 2 aromatic carbocycles. The van der Waals surface area contributed by atoms with Crippen molar-refractivity contribution in [3.05, 3.63) is 58.6 Å². The topological polar surface area (TPSA) is 65.3 Å². The highest BCUT2D eigenvalue weighted by Gasteiger charge is 2.14. The van der Waals surface area contributed by atoms with Crippen LogP contribution in [0.2, 0.25) is 5.02 Å². The summed E-state index contributed by atoms with van der Waals surface area (Å²) in [7, 11) is 1.53. The van der Waals surface area contributed by atoms with E-state index in [1.54, 1.807) is 36.4 Å². The van der Waals surface area contributed by atoms with Crippen LogP contribution in [0, 0.1) is 11.3 Å². The fraction of sp³-hybridized carbons (Fsp3) is 0.188. The summed E-state index contributed by atoms with van der Waals surface area (Å²) in [4.78, 5) is 0. The molecule has 0 heterocycles. The van der Waals surface area contributed by atoms with Gasteiger partial charge in [-0.2, -0.15) is 5.26 Å². The molecule has 1 unspecified atom stereocenters. The van der Waals surface area contributed by atoms with Crippen LogP contribution in [0.25, 0.3) is 0 Å². The molecular formula is C16H15ClN2O2. The Hall–Kier alpha value is -2.22. The minimum absolute atomic E-state index is 0.221. The molecule has 2 N–H and O–H groups in total. The Labute approximate surface area is 128 Å². The van der Waals surface area contributed by atoms with E-state index in [-0.39, 0.29) is 6.54 Å². The van der Waals surface area contributed by atoms with E-state index in [1.807, 2.05) is 6.07 Å². The van der Waals surface area contributed by atoms with Crippen LogP contribution in [0.15, 0.2) is 42.5 Å². The van der Waals surface area contributed by atoms with Gasteiger partial charge in [-0.1, -0.05) is 35.9 Å². The van der Waals surface area contributed by atoms with Crippen LogP contribution >= 0.6 is 11.6 Å². The number of anilines is 1. The Morgan fingerprint density at radius 3 is 2.71 bits per heavy atom. The molecule has 0 aromatic heterocycles. The summed E-state index contributed by atoms with van der Waals surface area (Å²) in [5.74, 6) is 0.556. The van der Waals surface area contributed by atoms with Crippen LogP contribution in [-0.4, -0.2) is 18.8 Å². The van der Waals surface area contributed by atoms with Crippen molar-refractivity contribution < 1.29 is 9.84 Å². The Bertz CT molecular complexity index is 668. The van der Waals surface area contributed by atoms with Gasteiger partial charge in [0.1, 0.15) is 11.8 Å². The number of aliphatic hydroxyl groups is 1. The molecule has 0 saturated heterocycles. The van der Waals surface area contributed by atoms with Crippen LogP contribution in [0.4, 0.5) is 5.69 Å². The molecule has 21 heavy (non-hydrogen) atoms. The zero-order valence-corrected chi connectivity index (χ0v) is 12.3. The molecule has 0 amide bonds. The lowest BCUT2D eigenvalue weighted by Gasteiger charge is -2.17. The standard InChI is InChI=1S/C16H15ClN2O2/c1-21-15-8-4-5-11(9-18)16(15)19-10-14(20)12-6-2-3-7-13(12)17/h2-8,14,19-20H,10H2,1H3. The van der Waals surface area contributed by atoms with Crippen LogP contribution in [0.1, 0.15) is 17.2 Å². The first kappa shape index (κ1) is 15.2. The van der Waals surface area contributed by atoms with Gasteiger partial charge >= 0.3 is 0 Å². The SMILES string of the molecule is COc1cccc(C#N)c1NCC(O)c1ccccc1Cl. The smallest absolute Gasteiger partial charge is 0.143 e. The molecule has 0 saturated carbocycles. The van der Waals surface area contributed by atoms with E-state index < -0.39 is 6.10 Å². The quantitative estimate of drug-likeness (QED) is 0.889. The van der Waals surface area contributed by atoms with Crippen molar-refractivity contribution in [1.82, 2.24) is 0 Å². The maximum Gasteiger partial charge on any atom is 0.143 e. The van der Waals surface area contributed by atoms with Crippen molar-refractivity contribution >= 4 is 17.3 Å². The zero-order chi connectivity index (χ0) is 15.2. The Morgan fingerprint density at radius 2 is 2.05 bits per heavy atom. The van der Waals surface area contributed by atoms with Crippen LogP contribution in [0.3, 0.4) is 0 Å². The predicted octanol–water partition coefficient (Wildman–Crippen LogP) is 3.37. The second-order valence-electron chi connectivity index (χ2n) is 4.41. The van der Waals surface area contributed by atoms with Crippen molar-refractivity contribution in [2.75, 3.05) is 19.0 Å². The van der Waals surface area contributed by atoms with Gasteiger partial charge in [-0.15, -0.1) is 0 Å². The molecule has 0 aliphatic heterocycles. The van der Waals surface area contributed by atoms with Crippen LogP contribution in [-0.2, 0) is 0 Å². The molecular weight excluding hydrogens is 288 g/mol. The lowest BCUT2D eigenvalue weighted by molar-refractivity contribution is 0.191. The zero-order valence-electron chi connectivity index (χ0n) is 11.5. The van der Waals surface area contributed by atoms with Gasteiger partial charge in [-0.25, -0.2) is 0 Å². The molecule has 0 bridgehead atoms. The Kier molecular flexibility index (Phi) is 5.04. The average molecular weight is 303 g/mol. The van der Waals surface area contributed by atoms with E-state index in [0.717, 1.165) is 0 Å². The van der Waals surface area contributed by atoms with Gasteiger partial charge in [0, 0.05) is 17.1 Å². The summed E-state index contributed by atoms with van der Waals surface area (Å²) in [5.41, 5.74) is 1.66. The molecule has 1 atom stereocenters. The van der Waals surface area contributed by atoms with Crippen LogP contribution < -0.4 is 10.1 Å². The maximum atomic E-state index is 10.2. The van der Waals surface area contributed by atoms with E-state index in [1.165, 1.54) is 7.11 Å². The lowest BCUT2D eigenvalue weighted by Crippen LogP contribution is -2.14. The summed E-state index contributed by atoms with van der Waals surface area (Å²) in [6.45, 7) is 0.221. The number of para-hydroxylation sites is 1. The number of rotatable bonds is 5. The number of hydrogen-bond donors (Lipinski definition) is 2. The molecule has 108 valence electrons. The number of nitrogens with zero attached hydrogens (tertiary/aromatic N) is 1. The molecule has 4 nitrogen and oxygen atoms in total. The molecule has 0 fully saturated rings. The first-order valence-electron chi connectivity index (χ1n) is 6.41. The second kappa shape index (κ2) is 6.98. The van der Waals surface area contributed by atoms with Crippen molar-refractivity contribution in [2.24, 2.45) is 0 Å². The van der Waals surface area contributed by atoms with Gasteiger partial charge in [0.15, 0.2) is 0 Å². The van der Waals surface area contributed by atoms with Gasteiger partial charge in [0.05, 0.1) is 24.5 Å². The number of ether oxygens (including phenoxy) is 1. The number of methoxy groups -OCH3 is 1. The third-order valence-corrected chi connectivity index (χ3v) is 3.45. The maximum absolute atomic E-state index is 10.2. The normalized spacial score (nSPS) is 11.5. The molecule has 0 aliphatic rings. The number of aliphatic hydroxyl groups excluding tert-OH is 1. The predicted molar refractivity (Wildman–Crippen MR) is 82.6 cm³/mol. The summed E-state index contributed by atoms with van der Waals surface area (Å²) in [5, 5.41) is 22.9. The number of hydrogen-bond acceptors (Lipinski definition) is 4. The highest BCUT2D eigenvalue weighted by molar-refractivity contribution is 6.31. The third-order valence-electron chi connectivity index (χ3n) is 3.10. The van der Waals surface area contributed by atoms with Gasteiger partial charge in [0.2, 0.25) is 0 Å². The van der Waals surface area contributed by atoms with Gasteiger partial charge in [-0.05, 0) is 18.2 Å². The highest BCUT2D eigenvalue weighted by Crippen LogP contribution is 2.29. The minimum Gasteiger partial charge on any atom is -0.495 e. The average Bonchev–Trinajstić information content (AvgIpc) is 2.52. The van der Waals surface area contributed by atoms with E-state index in [2.05, 4.69) is 11.4 Å².